The molecule has 0 spiro atoms. The first-order valence-corrected chi connectivity index (χ1v) is 9.36. The van der Waals surface area contributed by atoms with Crippen molar-refractivity contribution in [2.75, 3.05) is 11.9 Å². The van der Waals surface area contributed by atoms with Gasteiger partial charge in [-0.2, -0.15) is 0 Å². The number of carbonyl (C=O) groups excluding carboxylic acids is 3. The molecule has 2 amide bonds. The third kappa shape index (κ3) is 4.79. The highest BCUT2D eigenvalue weighted by atomic mass is 16.5. The molecule has 1 saturated heterocycles. The molecule has 2 aromatic rings. The number of furan rings is 1. The van der Waals surface area contributed by atoms with E-state index in [0.717, 1.165) is 6.42 Å². The van der Waals surface area contributed by atoms with Crippen LogP contribution in [0, 0.1) is 5.92 Å². The fraction of sp³-hybridized carbons (Fsp3) is 0.381. The van der Waals surface area contributed by atoms with E-state index in [1.54, 1.807) is 17.0 Å². The molecule has 2 atom stereocenters. The Bertz CT molecular complexity index is 829. The summed E-state index contributed by atoms with van der Waals surface area (Å²) in [6.07, 6.45) is 1.58. The summed E-state index contributed by atoms with van der Waals surface area (Å²) >= 11 is 0. The van der Waals surface area contributed by atoms with Gasteiger partial charge in [-0.15, -0.1) is 0 Å². The minimum absolute atomic E-state index is 0.0758. The number of hydrogen-bond acceptors (Lipinski definition) is 5. The Morgan fingerprint density at radius 2 is 2.04 bits per heavy atom. The molecule has 0 saturated carbocycles. The van der Waals surface area contributed by atoms with E-state index in [4.69, 9.17) is 9.15 Å². The van der Waals surface area contributed by atoms with Crippen molar-refractivity contribution in [3.63, 3.8) is 0 Å². The zero-order chi connectivity index (χ0) is 20.1. The lowest BCUT2D eigenvalue weighted by Crippen LogP contribution is -2.33. The Hall–Kier alpha value is -3.09. The average molecular weight is 384 g/mol. The van der Waals surface area contributed by atoms with Crippen molar-refractivity contribution >= 4 is 23.5 Å². The van der Waals surface area contributed by atoms with E-state index in [1.807, 2.05) is 24.3 Å². The van der Waals surface area contributed by atoms with E-state index in [0.29, 0.717) is 18.0 Å². The fourth-order valence-corrected chi connectivity index (χ4v) is 3.07. The molecule has 0 unspecified atom stereocenters. The van der Waals surface area contributed by atoms with Crippen LogP contribution in [-0.4, -0.2) is 35.3 Å². The zero-order valence-corrected chi connectivity index (χ0v) is 16.0. The number of hydrogen-bond donors (Lipinski definition) is 1. The Morgan fingerprint density at radius 1 is 1.29 bits per heavy atom. The number of nitrogens with one attached hydrogen (secondary N) is 1. The van der Waals surface area contributed by atoms with Crippen molar-refractivity contribution < 1.29 is 23.5 Å². The van der Waals surface area contributed by atoms with Crippen LogP contribution in [0.4, 0.5) is 5.69 Å². The molecular formula is C21H24N2O5. The van der Waals surface area contributed by atoms with Gasteiger partial charge in [0.05, 0.1) is 18.7 Å². The van der Waals surface area contributed by atoms with Crippen molar-refractivity contribution in [3.05, 3.63) is 54.0 Å². The van der Waals surface area contributed by atoms with Crippen LogP contribution in [0.1, 0.15) is 31.6 Å². The molecule has 1 fully saturated rings. The van der Waals surface area contributed by atoms with E-state index in [9.17, 15) is 14.4 Å². The van der Waals surface area contributed by atoms with Crippen LogP contribution in [0.3, 0.4) is 0 Å². The third-order valence-corrected chi connectivity index (χ3v) is 4.77. The van der Waals surface area contributed by atoms with Crippen molar-refractivity contribution in [2.45, 2.75) is 39.3 Å². The molecule has 0 aliphatic carbocycles. The summed E-state index contributed by atoms with van der Waals surface area (Å²) in [4.78, 5) is 38.4. The van der Waals surface area contributed by atoms with Crippen LogP contribution in [0.2, 0.25) is 0 Å². The summed E-state index contributed by atoms with van der Waals surface area (Å²) in [5.74, 6) is -1.01. The van der Waals surface area contributed by atoms with Crippen molar-refractivity contribution in [2.24, 2.45) is 5.92 Å². The van der Waals surface area contributed by atoms with E-state index < -0.39 is 23.9 Å². The molecule has 0 bridgehead atoms. The molecule has 3 rings (SSSR count). The van der Waals surface area contributed by atoms with Gasteiger partial charge in [-0.25, -0.2) is 0 Å². The van der Waals surface area contributed by atoms with Crippen LogP contribution in [0.15, 0.2) is 47.1 Å². The summed E-state index contributed by atoms with van der Waals surface area (Å²) in [5.41, 5.74) is 1.81. The van der Waals surface area contributed by atoms with E-state index in [2.05, 4.69) is 12.2 Å². The molecule has 1 aromatic carbocycles. The molecule has 1 aliphatic rings. The highest BCUT2D eigenvalue weighted by Gasteiger charge is 2.36. The number of carbonyl (C=O) groups is 3. The van der Waals surface area contributed by atoms with Crippen LogP contribution >= 0.6 is 0 Å². The quantitative estimate of drug-likeness (QED) is 0.742. The van der Waals surface area contributed by atoms with Gasteiger partial charge in [-0.05, 0) is 43.2 Å². The van der Waals surface area contributed by atoms with Gasteiger partial charge in [0.2, 0.25) is 5.91 Å². The lowest BCUT2D eigenvalue weighted by atomic mass is 10.1. The molecule has 0 radical (unpaired) electrons. The highest BCUT2D eigenvalue weighted by Crippen LogP contribution is 2.22. The van der Waals surface area contributed by atoms with Crippen molar-refractivity contribution in [1.29, 1.82) is 0 Å². The molecule has 7 heteroatoms. The SMILES string of the molecule is CCc1ccc(NC(=O)[C@@H](C)OC(=O)[C@H]2CC(=O)N(Cc3ccco3)C2)cc1. The average Bonchev–Trinajstić information content (AvgIpc) is 3.32. The Morgan fingerprint density at radius 3 is 2.68 bits per heavy atom. The topological polar surface area (TPSA) is 88.8 Å². The molecule has 2 heterocycles. The largest absolute Gasteiger partial charge is 0.467 e. The Kier molecular flexibility index (Phi) is 6.13. The number of ether oxygens (including phenoxy) is 1. The van der Waals surface area contributed by atoms with E-state index in [-0.39, 0.29) is 18.9 Å². The minimum atomic E-state index is -0.951. The fourth-order valence-electron chi connectivity index (χ4n) is 3.07. The van der Waals surface area contributed by atoms with Gasteiger partial charge >= 0.3 is 5.97 Å². The number of aryl methyl sites for hydroxylation is 1. The molecule has 1 N–H and O–H groups in total. The third-order valence-electron chi connectivity index (χ3n) is 4.77. The van der Waals surface area contributed by atoms with E-state index in [1.165, 1.54) is 18.8 Å². The first-order chi connectivity index (χ1) is 13.5. The number of benzene rings is 1. The van der Waals surface area contributed by atoms with Crippen LogP contribution < -0.4 is 5.32 Å². The predicted molar refractivity (Wildman–Crippen MR) is 102 cm³/mol. The number of anilines is 1. The molecule has 1 aromatic heterocycles. The predicted octanol–water partition coefficient (Wildman–Crippen LogP) is 2.76. The summed E-state index contributed by atoms with van der Waals surface area (Å²) in [5, 5.41) is 2.73. The standard InChI is InChI=1S/C21H24N2O5/c1-3-15-6-8-17(9-7-15)22-20(25)14(2)28-21(26)16-11-19(24)23(12-16)13-18-5-4-10-27-18/h4-10,14,16H,3,11-13H2,1-2H3,(H,22,25)/t14-,16+/m1/s1. The lowest BCUT2D eigenvalue weighted by Gasteiger charge is -2.17. The molecule has 7 nitrogen and oxygen atoms in total. The van der Waals surface area contributed by atoms with Crippen molar-refractivity contribution in [1.82, 2.24) is 4.90 Å². The van der Waals surface area contributed by atoms with Crippen molar-refractivity contribution in [3.8, 4) is 0 Å². The number of rotatable bonds is 7. The van der Waals surface area contributed by atoms with Gasteiger partial charge in [0.25, 0.3) is 5.91 Å². The summed E-state index contributed by atoms with van der Waals surface area (Å²) in [7, 11) is 0. The molecular weight excluding hydrogens is 360 g/mol. The molecule has 28 heavy (non-hydrogen) atoms. The molecule has 1 aliphatic heterocycles. The summed E-state index contributed by atoms with van der Waals surface area (Å²) in [6, 6.07) is 11.0. The van der Waals surface area contributed by atoms with Crippen LogP contribution in [0.5, 0.6) is 0 Å². The number of amides is 2. The number of likely N-dealkylation sites (tertiary alicyclic amines) is 1. The summed E-state index contributed by atoms with van der Waals surface area (Å²) < 4.78 is 10.5. The lowest BCUT2D eigenvalue weighted by molar-refractivity contribution is -0.157. The second-order valence-electron chi connectivity index (χ2n) is 6.87. The monoisotopic (exact) mass is 384 g/mol. The maximum atomic E-state index is 12.4. The van der Waals surface area contributed by atoms with Crippen LogP contribution in [0.25, 0.3) is 0 Å². The van der Waals surface area contributed by atoms with Gasteiger partial charge in [-0.1, -0.05) is 19.1 Å². The smallest absolute Gasteiger partial charge is 0.312 e. The second kappa shape index (κ2) is 8.73. The van der Waals surface area contributed by atoms with Gasteiger partial charge in [-0.3, -0.25) is 14.4 Å². The normalized spacial score (nSPS) is 17.4. The van der Waals surface area contributed by atoms with Gasteiger partial charge in [0.1, 0.15) is 5.76 Å². The number of esters is 1. The summed E-state index contributed by atoms with van der Waals surface area (Å²) in [6.45, 7) is 4.15. The second-order valence-corrected chi connectivity index (χ2v) is 6.87. The zero-order valence-electron chi connectivity index (χ0n) is 16.0. The van der Waals surface area contributed by atoms with Crippen LogP contribution in [-0.2, 0) is 32.1 Å². The maximum absolute atomic E-state index is 12.4. The first-order valence-electron chi connectivity index (χ1n) is 9.36. The van der Waals surface area contributed by atoms with E-state index >= 15 is 0 Å². The Balaban J connectivity index is 1.50. The van der Waals surface area contributed by atoms with Gasteiger partial charge in [0.15, 0.2) is 6.10 Å². The first kappa shape index (κ1) is 19.7. The minimum Gasteiger partial charge on any atom is -0.467 e. The highest BCUT2D eigenvalue weighted by molar-refractivity contribution is 5.95. The molecule has 148 valence electrons. The van der Waals surface area contributed by atoms with Gasteiger partial charge < -0.3 is 19.4 Å². The Labute approximate surface area is 163 Å². The van der Waals surface area contributed by atoms with Gasteiger partial charge in [0, 0.05) is 18.7 Å². The number of nitrogens with zero attached hydrogens (tertiary/aromatic N) is 1. The maximum Gasteiger partial charge on any atom is 0.312 e.